The van der Waals surface area contributed by atoms with Crippen molar-refractivity contribution in [2.24, 2.45) is 5.92 Å². The minimum Gasteiger partial charge on any atom is -0.342 e. The molecule has 2 rings (SSSR count). The standard InChI is InChI=1S/C15H19FN2O2/c1-8(2)13-15(20)18(10(4)14(19)17-13)11-6-5-9(3)12(16)7-11/h5-8,10,13H,1-4H3,(H,17,19). The Bertz CT molecular complexity index is 557. The summed E-state index contributed by atoms with van der Waals surface area (Å²) in [6.07, 6.45) is 0. The molecule has 2 atom stereocenters. The lowest BCUT2D eigenvalue weighted by Crippen LogP contribution is -2.64. The van der Waals surface area contributed by atoms with Crippen LogP contribution in [-0.2, 0) is 9.59 Å². The third-order valence-electron chi connectivity index (χ3n) is 3.67. The first-order valence-corrected chi connectivity index (χ1v) is 6.72. The molecule has 2 unspecified atom stereocenters. The SMILES string of the molecule is Cc1ccc(N2C(=O)C(C(C)C)NC(=O)C2C)cc1F. The summed E-state index contributed by atoms with van der Waals surface area (Å²) in [6, 6.07) is 3.38. The summed E-state index contributed by atoms with van der Waals surface area (Å²) in [4.78, 5) is 25.9. The molecule has 5 heteroatoms. The monoisotopic (exact) mass is 278 g/mol. The van der Waals surface area contributed by atoms with E-state index in [2.05, 4.69) is 5.32 Å². The zero-order chi connectivity index (χ0) is 15.0. The fourth-order valence-corrected chi connectivity index (χ4v) is 2.33. The number of halogens is 1. The van der Waals surface area contributed by atoms with E-state index in [0.29, 0.717) is 11.3 Å². The molecule has 0 saturated carbocycles. The number of benzene rings is 1. The van der Waals surface area contributed by atoms with Crippen molar-refractivity contribution < 1.29 is 14.0 Å². The van der Waals surface area contributed by atoms with E-state index in [4.69, 9.17) is 0 Å². The van der Waals surface area contributed by atoms with Gasteiger partial charge in [0.05, 0.1) is 0 Å². The van der Waals surface area contributed by atoms with E-state index in [1.165, 1.54) is 11.0 Å². The Balaban J connectivity index is 2.43. The highest BCUT2D eigenvalue weighted by molar-refractivity contribution is 6.08. The third kappa shape index (κ3) is 2.40. The number of rotatable bonds is 2. The molecule has 1 N–H and O–H groups in total. The van der Waals surface area contributed by atoms with Gasteiger partial charge in [0.15, 0.2) is 0 Å². The fourth-order valence-electron chi connectivity index (χ4n) is 2.33. The quantitative estimate of drug-likeness (QED) is 0.899. The number of hydrogen-bond acceptors (Lipinski definition) is 2. The molecule has 1 aliphatic heterocycles. The largest absolute Gasteiger partial charge is 0.342 e. The molecule has 0 aliphatic carbocycles. The Kier molecular flexibility index (Phi) is 3.79. The number of amides is 2. The number of aryl methyl sites for hydroxylation is 1. The smallest absolute Gasteiger partial charge is 0.250 e. The molecule has 1 aliphatic rings. The second-order valence-corrected chi connectivity index (χ2v) is 5.55. The van der Waals surface area contributed by atoms with Gasteiger partial charge in [-0.05, 0) is 37.5 Å². The van der Waals surface area contributed by atoms with Crippen LogP contribution in [0.5, 0.6) is 0 Å². The fraction of sp³-hybridized carbons (Fsp3) is 0.467. The molecular formula is C15H19FN2O2. The average Bonchev–Trinajstić information content (AvgIpc) is 2.38. The highest BCUT2D eigenvalue weighted by Crippen LogP contribution is 2.25. The van der Waals surface area contributed by atoms with Gasteiger partial charge in [-0.25, -0.2) is 4.39 Å². The maximum absolute atomic E-state index is 13.7. The highest BCUT2D eigenvalue weighted by atomic mass is 19.1. The van der Waals surface area contributed by atoms with Crippen LogP contribution in [0.3, 0.4) is 0 Å². The van der Waals surface area contributed by atoms with E-state index in [1.807, 2.05) is 13.8 Å². The number of carbonyl (C=O) groups excluding carboxylic acids is 2. The van der Waals surface area contributed by atoms with Crippen molar-refractivity contribution in [1.82, 2.24) is 5.32 Å². The Morgan fingerprint density at radius 1 is 1.30 bits per heavy atom. The predicted octanol–water partition coefficient (Wildman–Crippen LogP) is 2.01. The van der Waals surface area contributed by atoms with Crippen molar-refractivity contribution in [2.75, 3.05) is 4.90 Å². The summed E-state index contributed by atoms with van der Waals surface area (Å²) in [5.74, 6) is -0.814. The van der Waals surface area contributed by atoms with Crippen LogP contribution in [-0.4, -0.2) is 23.9 Å². The minimum atomic E-state index is -0.639. The number of anilines is 1. The molecule has 1 heterocycles. The van der Waals surface area contributed by atoms with Crippen LogP contribution in [0.15, 0.2) is 18.2 Å². The van der Waals surface area contributed by atoms with E-state index < -0.39 is 12.1 Å². The molecule has 1 aromatic carbocycles. The lowest BCUT2D eigenvalue weighted by atomic mass is 9.97. The lowest BCUT2D eigenvalue weighted by Gasteiger charge is -2.38. The van der Waals surface area contributed by atoms with E-state index in [9.17, 15) is 14.0 Å². The number of hydrogen-bond donors (Lipinski definition) is 1. The first-order valence-electron chi connectivity index (χ1n) is 6.72. The van der Waals surface area contributed by atoms with Gasteiger partial charge in [-0.1, -0.05) is 19.9 Å². The van der Waals surface area contributed by atoms with Crippen LogP contribution >= 0.6 is 0 Å². The molecular weight excluding hydrogens is 259 g/mol. The molecule has 108 valence electrons. The van der Waals surface area contributed by atoms with Gasteiger partial charge in [0.2, 0.25) is 5.91 Å². The normalized spacial score (nSPS) is 23.2. The summed E-state index contributed by atoms with van der Waals surface area (Å²) >= 11 is 0. The summed E-state index contributed by atoms with van der Waals surface area (Å²) in [6.45, 7) is 7.03. The summed E-state index contributed by atoms with van der Waals surface area (Å²) in [7, 11) is 0. The number of nitrogens with zero attached hydrogens (tertiary/aromatic N) is 1. The van der Waals surface area contributed by atoms with Crippen molar-refractivity contribution in [3.8, 4) is 0 Å². The van der Waals surface area contributed by atoms with Gasteiger partial charge in [0.25, 0.3) is 5.91 Å². The molecule has 4 nitrogen and oxygen atoms in total. The van der Waals surface area contributed by atoms with Gasteiger partial charge in [0, 0.05) is 5.69 Å². The maximum atomic E-state index is 13.7. The molecule has 1 aromatic rings. The van der Waals surface area contributed by atoms with Crippen LogP contribution in [0.25, 0.3) is 0 Å². The molecule has 0 radical (unpaired) electrons. The van der Waals surface area contributed by atoms with Crippen LogP contribution in [0, 0.1) is 18.7 Å². The van der Waals surface area contributed by atoms with Gasteiger partial charge < -0.3 is 5.32 Å². The summed E-state index contributed by atoms with van der Waals surface area (Å²) in [5, 5.41) is 2.72. The Morgan fingerprint density at radius 2 is 1.95 bits per heavy atom. The van der Waals surface area contributed by atoms with Gasteiger partial charge in [-0.15, -0.1) is 0 Å². The van der Waals surface area contributed by atoms with Crippen LogP contribution in [0.1, 0.15) is 26.3 Å². The number of nitrogens with one attached hydrogen (secondary N) is 1. The van der Waals surface area contributed by atoms with Gasteiger partial charge in [0.1, 0.15) is 17.9 Å². The first kappa shape index (κ1) is 14.5. The Labute approximate surface area is 118 Å². The predicted molar refractivity (Wildman–Crippen MR) is 74.9 cm³/mol. The second-order valence-electron chi connectivity index (χ2n) is 5.55. The second kappa shape index (κ2) is 5.23. The number of piperazine rings is 1. The zero-order valence-corrected chi connectivity index (χ0v) is 12.1. The lowest BCUT2D eigenvalue weighted by molar-refractivity contribution is -0.134. The minimum absolute atomic E-state index is 0.0169. The molecule has 1 saturated heterocycles. The van der Waals surface area contributed by atoms with Crippen LogP contribution in [0.2, 0.25) is 0 Å². The average molecular weight is 278 g/mol. The topological polar surface area (TPSA) is 49.4 Å². The highest BCUT2D eigenvalue weighted by Gasteiger charge is 2.40. The summed E-state index contributed by atoms with van der Waals surface area (Å²) in [5.41, 5.74) is 0.932. The van der Waals surface area contributed by atoms with E-state index in [1.54, 1.807) is 26.0 Å². The first-order chi connectivity index (χ1) is 9.32. The van der Waals surface area contributed by atoms with E-state index in [-0.39, 0.29) is 23.5 Å². The summed E-state index contributed by atoms with van der Waals surface area (Å²) < 4.78 is 13.7. The van der Waals surface area contributed by atoms with Crippen molar-refractivity contribution in [3.63, 3.8) is 0 Å². The van der Waals surface area contributed by atoms with E-state index >= 15 is 0 Å². The Morgan fingerprint density at radius 3 is 2.50 bits per heavy atom. The van der Waals surface area contributed by atoms with Crippen molar-refractivity contribution in [2.45, 2.75) is 39.8 Å². The third-order valence-corrected chi connectivity index (χ3v) is 3.67. The molecule has 0 bridgehead atoms. The van der Waals surface area contributed by atoms with Gasteiger partial charge in [-0.2, -0.15) is 0 Å². The van der Waals surface area contributed by atoms with Gasteiger partial charge >= 0.3 is 0 Å². The molecule has 2 amide bonds. The zero-order valence-electron chi connectivity index (χ0n) is 12.1. The Hall–Kier alpha value is -1.91. The molecule has 1 fully saturated rings. The van der Waals surface area contributed by atoms with Crippen LogP contribution < -0.4 is 10.2 Å². The molecule has 0 aromatic heterocycles. The number of carbonyl (C=O) groups is 2. The maximum Gasteiger partial charge on any atom is 0.250 e. The van der Waals surface area contributed by atoms with Crippen LogP contribution in [0.4, 0.5) is 10.1 Å². The van der Waals surface area contributed by atoms with Crippen molar-refractivity contribution in [3.05, 3.63) is 29.6 Å². The van der Waals surface area contributed by atoms with Gasteiger partial charge in [-0.3, -0.25) is 14.5 Å². The van der Waals surface area contributed by atoms with Crippen molar-refractivity contribution >= 4 is 17.5 Å². The molecule has 20 heavy (non-hydrogen) atoms. The van der Waals surface area contributed by atoms with E-state index in [0.717, 1.165) is 0 Å². The van der Waals surface area contributed by atoms with Crippen molar-refractivity contribution in [1.29, 1.82) is 0 Å². The molecule has 0 spiro atoms.